The summed E-state index contributed by atoms with van der Waals surface area (Å²) in [7, 11) is 1.60. The van der Waals surface area contributed by atoms with Crippen molar-refractivity contribution in [2.75, 3.05) is 18.2 Å². The van der Waals surface area contributed by atoms with E-state index in [9.17, 15) is 4.79 Å². The van der Waals surface area contributed by atoms with Crippen molar-refractivity contribution in [3.05, 3.63) is 53.6 Å². The highest BCUT2D eigenvalue weighted by atomic mass is 35.5. The van der Waals surface area contributed by atoms with Crippen LogP contribution < -0.4 is 10.1 Å². The highest BCUT2D eigenvalue weighted by Crippen LogP contribution is 2.23. The second kappa shape index (κ2) is 8.73. The number of rotatable bonds is 7. The molecule has 26 heavy (non-hydrogen) atoms. The van der Waals surface area contributed by atoms with Crippen molar-refractivity contribution in [3.8, 4) is 17.2 Å². The van der Waals surface area contributed by atoms with Crippen LogP contribution in [0.3, 0.4) is 0 Å². The van der Waals surface area contributed by atoms with Gasteiger partial charge in [-0.2, -0.15) is 0 Å². The number of carbonyl (C=O) groups is 1. The van der Waals surface area contributed by atoms with Crippen molar-refractivity contribution < 1.29 is 13.9 Å². The summed E-state index contributed by atoms with van der Waals surface area (Å²) in [6.45, 7) is 0. The number of amides is 1. The lowest BCUT2D eigenvalue weighted by molar-refractivity contribution is -0.115. The van der Waals surface area contributed by atoms with Gasteiger partial charge in [0.2, 0.25) is 11.8 Å². The molecule has 0 unspecified atom stereocenters. The largest absolute Gasteiger partial charge is 0.497 e. The Bertz CT molecular complexity index is 866. The zero-order chi connectivity index (χ0) is 18.4. The second-order valence-electron chi connectivity index (χ2n) is 5.24. The topological polar surface area (TPSA) is 77.3 Å². The van der Waals surface area contributed by atoms with Gasteiger partial charge in [-0.05, 0) is 48.5 Å². The Morgan fingerprint density at radius 3 is 2.58 bits per heavy atom. The summed E-state index contributed by atoms with van der Waals surface area (Å²) < 4.78 is 10.6. The van der Waals surface area contributed by atoms with Crippen LogP contribution >= 0.6 is 23.4 Å². The van der Waals surface area contributed by atoms with E-state index in [1.807, 2.05) is 24.3 Å². The van der Waals surface area contributed by atoms with E-state index >= 15 is 0 Å². The Kier molecular flexibility index (Phi) is 6.14. The molecule has 6 nitrogen and oxygen atoms in total. The summed E-state index contributed by atoms with van der Waals surface area (Å²) in [6.07, 6.45) is 0.327. The Morgan fingerprint density at radius 2 is 1.88 bits per heavy atom. The van der Waals surface area contributed by atoms with Crippen LogP contribution in [0, 0.1) is 0 Å². The summed E-state index contributed by atoms with van der Waals surface area (Å²) >= 11 is 7.42. The highest BCUT2D eigenvalue weighted by Gasteiger charge is 2.11. The van der Waals surface area contributed by atoms with Crippen molar-refractivity contribution in [3.63, 3.8) is 0 Å². The van der Waals surface area contributed by atoms with Crippen LogP contribution in [0.15, 0.2) is 57.8 Å². The molecule has 3 rings (SSSR count). The van der Waals surface area contributed by atoms with Gasteiger partial charge in [-0.1, -0.05) is 16.7 Å². The molecule has 1 aromatic heterocycles. The van der Waals surface area contributed by atoms with Crippen LogP contribution in [-0.4, -0.2) is 29.0 Å². The number of aromatic nitrogens is 2. The van der Waals surface area contributed by atoms with Gasteiger partial charge in [0.25, 0.3) is 0 Å². The van der Waals surface area contributed by atoms with E-state index < -0.39 is 0 Å². The van der Waals surface area contributed by atoms with Gasteiger partial charge >= 0.3 is 6.01 Å². The number of hydrogen-bond acceptors (Lipinski definition) is 6. The van der Waals surface area contributed by atoms with Crippen molar-refractivity contribution >= 4 is 35.3 Å². The molecular formula is C18H16ClN3O3S. The predicted octanol–water partition coefficient (Wildman–Crippen LogP) is 4.52. The molecule has 0 radical (unpaired) electrons. The first-order valence-electron chi connectivity index (χ1n) is 7.80. The first-order chi connectivity index (χ1) is 12.6. The summed E-state index contributed by atoms with van der Waals surface area (Å²) in [6, 6.07) is 14.8. The summed E-state index contributed by atoms with van der Waals surface area (Å²) in [5.41, 5.74) is 0.747. The number of methoxy groups -OCH3 is 1. The van der Waals surface area contributed by atoms with Crippen molar-refractivity contribution in [2.24, 2.45) is 0 Å². The van der Waals surface area contributed by atoms with E-state index in [4.69, 9.17) is 20.8 Å². The van der Waals surface area contributed by atoms with Crippen LogP contribution in [0.4, 0.5) is 6.01 Å². The van der Waals surface area contributed by atoms with E-state index in [2.05, 4.69) is 15.5 Å². The number of hydrogen-bond donors (Lipinski definition) is 1. The van der Waals surface area contributed by atoms with Crippen LogP contribution in [0.2, 0.25) is 5.02 Å². The SMILES string of the molecule is COc1ccc(-c2nnc(NC(=O)CCSc3ccc(Cl)cc3)o2)cc1. The minimum atomic E-state index is -0.184. The van der Waals surface area contributed by atoms with Crippen LogP contribution in [0.25, 0.3) is 11.5 Å². The monoisotopic (exact) mass is 389 g/mol. The maximum atomic E-state index is 12.0. The van der Waals surface area contributed by atoms with E-state index in [1.165, 1.54) is 0 Å². The number of ether oxygens (including phenoxy) is 1. The van der Waals surface area contributed by atoms with Crippen molar-refractivity contribution in [1.29, 1.82) is 0 Å². The molecule has 0 aliphatic rings. The van der Waals surface area contributed by atoms with Gasteiger partial charge in [0.15, 0.2) is 0 Å². The normalized spacial score (nSPS) is 10.5. The van der Waals surface area contributed by atoms with Gasteiger partial charge in [0, 0.05) is 27.7 Å². The van der Waals surface area contributed by atoms with Gasteiger partial charge in [-0.3, -0.25) is 10.1 Å². The molecule has 0 fully saturated rings. The highest BCUT2D eigenvalue weighted by molar-refractivity contribution is 7.99. The third kappa shape index (κ3) is 5.00. The second-order valence-corrected chi connectivity index (χ2v) is 6.85. The van der Waals surface area contributed by atoms with Crippen molar-refractivity contribution in [2.45, 2.75) is 11.3 Å². The molecule has 0 bridgehead atoms. The van der Waals surface area contributed by atoms with Crippen LogP contribution in [-0.2, 0) is 4.79 Å². The van der Waals surface area contributed by atoms with Gasteiger partial charge in [-0.15, -0.1) is 16.9 Å². The van der Waals surface area contributed by atoms with Gasteiger partial charge < -0.3 is 9.15 Å². The molecule has 0 atom stereocenters. The molecule has 3 aromatic rings. The lowest BCUT2D eigenvalue weighted by atomic mass is 10.2. The quantitative estimate of drug-likeness (QED) is 0.598. The molecule has 0 aliphatic heterocycles. The molecule has 2 aromatic carbocycles. The average molecular weight is 390 g/mol. The minimum Gasteiger partial charge on any atom is -0.497 e. The minimum absolute atomic E-state index is 0.0808. The number of thioether (sulfide) groups is 1. The van der Waals surface area contributed by atoms with Crippen LogP contribution in [0.5, 0.6) is 5.75 Å². The molecule has 134 valence electrons. The molecule has 0 saturated heterocycles. The lowest BCUT2D eigenvalue weighted by Crippen LogP contribution is -2.12. The summed E-state index contributed by atoms with van der Waals surface area (Å²) in [4.78, 5) is 13.1. The molecule has 1 amide bonds. The Hall–Kier alpha value is -2.51. The number of carbonyl (C=O) groups excluding carboxylic acids is 1. The first-order valence-corrected chi connectivity index (χ1v) is 9.16. The van der Waals surface area contributed by atoms with Gasteiger partial charge in [-0.25, -0.2) is 0 Å². The third-order valence-electron chi connectivity index (χ3n) is 3.42. The van der Waals surface area contributed by atoms with E-state index in [1.54, 1.807) is 43.1 Å². The number of halogens is 1. The fourth-order valence-electron chi connectivity index (χ4n) is 2.10. The zero-order valence-electron chi connectivity index (χ0n) is 13.9. The number of anilines is 1. The van der Waals surface area contributed by atoms with Crippen LogP contribution in [0.1, 0.15) is 6.42 Å². The molecule has 1 N–H and O–H groups in total. The molecule has 0 spiro atoms. The number of nitrogens with one attached hydrogen (secondary N) is 1. The number of nitrogens with zero attached hydrogens (tertiary/aromatic N) is 2. The first kappa shape index (κ1) is 18.3. The fraction of sp³-hybridized carbons (Fsp3) is 0.167. The Balaban J connectivity index is 1.50. The van der Waals surface area contributed by atoms with E-state index in [0.29, 0.717) is 23.1 Å². The molecule has 8 heteroatoms. The summed E-state index contributed by atoms with van der Waals surface area (Å²) in [5.74, 6) is 1.52. The Morgan fingerprint density at radius 1 is 1.15 bits per heavy atom. The zero-order valence-corrected chi connectivity index (χ0v) is 15.5. The lowest BCUT2D eigenvalue weighted by Gasteiger charge is -2.02. The molecular weight excluding hydrogens is 374 g/mol. The molecule has 1 heterocycles. The fourth-order valence-corrected chi connectivity index (χ4v) is 3.08. The standard InChI is InChI=1S/C18H16ClN3O3S/c1-24-14-6-2-12(3-7-14)17-21-22-18(25-17)20-16(23)10-11-26-15-8-4-13(19)5-9-15/h2-9H,10-11H2,1H3,(H,20,22,23). The third-order valence-corrected chi connectivity index (χ3v) is 4.69. The molecule has 0 aliphatic carbocycles. The predicted molar refractivity (Wildman–Crippen MR) is 102 cm³/mol. The van der Waals surface area contributed by atoms with E-state index in [-0.39, 0.29) is 11.9 Å². The Labute approximate surface area is 159 Å². The van der Waals surface area contributed by atoms with Crippen molar-refractivity contribution in [1.82, 2.24) is 10.2 Å². The average Bonchev–Trinajstić information content (AvgIpc) is 3.12. The smallest absolute Gasteiger partial charge is 0.322 e. The van der Waals surface area contributed by atoms with Gasteiger partial charge in [0.1, 0.15) is 5.75 Å². The maximum absolute atomic E-state index is 12.0. The van der Waals surface area contributed by atoms with Gasteiger partial charge in [0.05, 0.1) is 7.11 Å². The summed E-state index contributed by atoms with van der Waals surface area (Å²) in [5, 5.41) is 11.1. The number of benzene rings is 2. The maximum Gasteiger partial charge on any atom is 0.322 e. The molecule has 0 saturated carbocycles. The van der Waals surface area contributed by atoms with E-state index in [0.717, 1.165) is 16.2 Å².